The monoisotopic (exact) mass is 338 g/mol. The van der Waals surface area contributed by atoms with E-state index in [-0.39, 0.29) is 29.7 Å². The second-order valence-corrected chi connectivity index (χ2v) is 6.81. The van der Waals surface area contributed by atoms with Crippen molar-refractivity contribution >= 4 is 5.91 Å². The van der Waals surface area contributed by atoms with E-state index in [0.29, 0.717) is 6.42 Å². The van der Waals surface area contributed by atoms with Gasteiger partial charge in [-0.2, -0.15) is 8.78 Å². The molecule has 3 atom stereocenters. The third-order valence-electron chi connectivity index (χ3n) is 5.15. The summed E-state index contributed by atoms with van der Waals surface area (Å²) >= 11 is 0. The average Bonchev–Trinajstić information content (AvgIpc) is 2.91. The molecule has 24 heavy (non-hydrogen) atoms. The zero-order valence-corrected chi connectivity index (χ0v) is 13.6. The molecule has 0 aliphatic heterocycles. The van der Waals surface area contributed by atoms with E-state index in [0.717, 1.165) is 49.7 Å². The number of benzene rings is 1. The van der Waals surface area contributed by atoms with Gasteiger partial charge >= 0.3 is 6.61 Å². The van der Waals surface area contributed by atoms with Crippen molar-refractivity contribution in [1.29, 1.82) is 0 Å². The zero-order chi connectivity index (χ0) is 17.1. The van der Waals surface area contributed by atoms with Crippen LogP contribution in [0.2, 0.25) is 0 Å². The molecule has 1 aromatic carbocycles. The summed E-state index contributed by atoms with van der Waals surface area (Å²) in [5.74, 6) is 0.477. The van der Waals surface area contributed by atoms with Gasteiger partial charge in [0.15, 0.2) is 0 Å². The number of hydrogen-bond donors (Lipinski definition) is 2. The fourth-order valence-corrected chi connectivity index (χ4v) is 3.93. The molecule has 4 nitrogen and oxygen atoms in total. The van der Waals surface area contributed by atoms with Crippen LogP contribution in [0.1, 0.15) is 55.7 Å². The van der Waals surface area contributed by atoms with E-state index in [4.69, 9.17) is 5.73 Å². The molecule has 1 fully saturated rings. The van der Waals surface area contributed by atoms with Crippen molar-refractivity contribution in [1.82, 2.24) is 5.32 Å². The van der Waals surface area contributed by atoms with Crippen molar-refractivity contribution in [3.05, 3.63) is 29.3 Å². The highest BCUT2D eigenvalue weighted by atomic mass is 19.3. The molecule has 1 saturated carbocycles. The number of halogens is 2. The first-order valence-corrected chi connectivity index (χ1v) is 8.65. The minimum atomic E-state index is -2.82. The van der Waals surface area contributed by atoms with Crippen molar-refractivity contribution in [2.75, 3.05) is 0 Å². The van der Waals surface area contributed by atoms with Crippen LogP contribution in [-0.4, -0.2) is 18.6 Å². The lowest BCUT2D eigenvalue weighted by atomic mass is 9.87. The van der Waals surface area contributed by atoms with Gasteiger partial charge in [-0.1, -0.05) is 12.5 Å². The van der Waals surface area contributed by atoms with Gasteiger partial charge in [0.2, 0.25) is 5.91 Å². The topological polar surface area (TPSA) is 64.4 Å². The third kappa shape index (κ3) is 4.04. The van der Waals surface area contributed by atoms with Crippen LogP contribution in [0.15, 0.2) is 18.2 Å². The maximum atomic E-state index is 12.3. The van der Waals surface area contributed by atoms with Crippen LogP contribution < -0.4 is 15.8 Å². The maximum Gasteiger partial charge on any atom is 0.387 e. The summed E-state index contributed by atoms with van der Waals surface area (Å²) in [5, 5.41) is 3.10. The molecule has 0 aromatic heterocycles. The molecule has 0 saturated heterocycles. The third-order valence-corrected chi connectivity index (χ3v) is 5.15. The first kappa shape index (κ1) is 17.1. The lowest BCUT2D eigenvalue weighted by Crippen LogP contribution is -2.35. The molecule has 0 radical (unpaired) electrons. The zero-order valence-electron chi connectivity index (χ0n) is 13.6. The van der Waals surface area contributed by atoms with Crippen LogP contribution >= 0.6 is 0 Å². The first-order chi connectivity index (χ1) is 11.5. The summed E-state index contributed by atoms with van der Waals surface area (Å²) in [5.41, 5.74) is 8.02. The molecule has 2 aliphatic rings. The Morgan fingerprint density at radius 1 is 1.29 bits per heavy atom. The fraction of sp³-hybridized carbons (Fsp3) is 0.611. The quantitative estimate of drug-likeness (QED) is 0.866. The van der Waals surface area contributed by atoms with E-state index in [9.17, 15) is 13.6 Å². The van der Waals surface area contributed by atoms with Crippen molar-refractivity contribution in [2.24, 2.45) is 11.7 Å². The average molecular weight is 338 g/mol. The molecule has 3 rings (SSSR count). The number of rotatable bonds is 5. The smallest absolute Gasteiger partial charge is 0.387 e. The van der Waals surface area contributed by atoms with Gasteiger partial charge in [-0.25, -0.2) is 0 Å². The highest BCUT2D eigenvalue weighted by molar-refractivity contribution is 5.77. The Bertz CT molecular complexity index is 594. The number of aryl methyl sites for hydroxylation is 1. The van der Waals surface area contributed by atoms with Gasteiger partial charge in [-0.05, 0) is 61.3 Å². The number of ether oxygens (including phenoxy) is 1. The van der Waals surface area contributed by atoms with Crippen LogP contribution in [0.4, 0.5) is 8.78 Å². The van der Waals surface area contributed by atoms with Gasteiger partial charge in [0.05, 0.1) is 6.04 Å². The molecule has 1 unspecified atom stereocenters. The van der Waals surface area contributed by atoms with Gasteiger partial charge < -0.3 is 15.8 Å². The number of alkyl halides is 2. The molecular weight excluding hydrogens is 314 g/mol. The second-order valence-electron chi connectivity index (χ2n) is 6.81. The minimum absolute atomic E-state index is 0.0307. The summed E-state index contributed by atoms with van der Waals surface area (Å²) in [4.78, 5) is 12.3. The molecule has 1 amide bonds. The molecule has 0 bridgehead atoms. The van der Waals surface area contributed by atoms with Crippen molar-refractivity contribution in [3.63, 3.8) is 0 Å². The van der Waals surface area contributed by atoms with Gasteiger partial charge in [-0.3, -0.25) is 4.79 Å². The Morgan fingerprint density at radius 2 is 2.12 bits per heavy atom. The van der Waals surface area contributed by atoms with E-state index in [1.807, 2.05) is 0 Å². The molecule has 0 spiro atoms. The maximum absolute atomic E-state index is 12.3. The number of hydrogen-bond acceptors (Lipinski definition) is 3. The highest BCUT2D eigenvalue weighted by Crippen LogP contribution is 2.33. The van der Waals surface area contributed by atoms with Crippen LogP contribution in [0.3, 0.4) is 0 Å². The Kier molecular flexibility index (Phi) is 5.33. The molecule has 2 aliphatic carbocycles. The van der Waals surface area contributed by atoms with E-state index < -0.39 is 6.61 Å². The lowest BCUT2D eigenvalue weighted by molar-refractivity contribution is -0.122. The van der Waals surface area contributed by atoms with Crippen LogP contribution in [0.5, 0.6) is 5.75 Å². The van der Waals surface area contributed by atoms with Crippen molar-refractivity contribution in [2.45, 2.75) is 63.6 Å². The Hall–Kier alpha value is -1.69. The second kappa shape index (κ2) is 7.47. The number of nitrogens with one attached hydrogen (secondary N) is 1. The largest absolute Gasteiger partial charge is 0.435 e. The Labute approximate surface area is 140 Å². The number of amides is 1. The molecule has 1 aromatic rings. The predicted octanol–water partition coefficient (Wildman–Crippen LogP) is 3.30. The van der Waals surface area contributed by atoms with Crippen LogP contribution in [-0.2, 0) is 11.2 Å². The standard InChI is InChI=1S/C18H24F2N2O2/c19-18(20)24-13-7-8-14-11(9-13)3-2-6-16(14)22-17(23)10-12-4-1-5-15(12)21/h7-9,12,15-16,18H,1-6,10,21H2,(H,22,23)/t12-,15+,16?/m0/s1. The lowest BCUT2D eigenvalue weighted by Gasteiger charge is -2.27. The molecule has 0 heterocycles. The molecule has 3 N–H and O–H groups in total. The van der Waals surface area contributed by atoms with E-state index in [1.165, 1.54) is 0 Å². The Balaban J connectivity index is 1.64. The number of carbonyl (C=O) groups excluding carboxylic acids is 1. The van der Waals surface area contributed by atoms with Gasteiger partial charge in [0.25, 0.3) is 0 Å². The van der Waals surface area contributed by atoms with Crippen molar-refractivity contribution in [3.8, 4) is 5.75 Å². The minimum Gasteiger partial charge on any atom is -0.435 e. The van der Waals surface area contributed by atoms with Crippen LogP contribution in [0, 0.1) is 5.92 Å². The normalized spacial score (nSPS) is 26.2. The van der Waals surface area contributed by atoms with Gasteiger partial charge in [0.1, 0.15) is 5.75 Å². The van der Waals surface area contributed by atoms with E-state index in [2.05, 4.69) is 10.1 Å². The number of carbonyl (C=O) groups is 1. The fourth-order valence-electron chi connectivity index (χ4n) is 3.93. The summed E-state index contributed by atoms with van der Waals surface area (Å²) in [6, 6.07) is 5.07. The van der Waals surface area contributed by atoms with Crippen LogP contribution in [0.25, 0.3) is 0 Å². The first-order valence-electron chi connectivity index (χ1n) is 8.65. The molecular formula is C18H24F2N2O2. The van der Waals surface area contributed by atoms with E-state index >= 15 is 0 Å². The highest BCUT2D eigenvalue weighted by Gasteiger charge is 2.28. The van der Waals surface area contributed by atoms with Gasteiger partial charge in [0, 0.05) is 12.5 Å². The van der Waals surface area contributed by atoms with Gasteiger partial charge in [-0.15, -0.1) is 0 Å². The van der Waals surface area contributed by atoms with E-state index in [1.54, 1.807) is 18.2 Å². The summed E-state index contributed by atoms with van der Waals surface area (Å²) in [6.07, 6.45) is 6.18. The predicted molar refractivity (Wildman–Crippen MR) is 86.8 cm³/mol. The SMILES string of the molecule is N[C@@H]1CCC[C@H]1CC(=O)NC1CCCc2cc(OC(F)F)ccc21. The number of fused-ring (bicyclic) bond motifs is 1. The summed E-state index contributed by atoms with van der Waals surface area (Å²) < 4.78 is 29.1. The summed E-state index contributed by atoms with van der Waals surface area (Å²) in [6.45, 7) is -2.82. The van der Waals surface area contributed by atoms with Crippen molar-refractivity contribution < 1.29 is 18.3 Å². The molecule has 132 valence electrons. The Morgan fingerprint density at radius 3 is 2.83 bits per heavy atom. The molecule has 6 heteroatoms. The number of nitrogens with two attached hydrogens (primary N) is 1. The summed E-state index contributed by atoms with van der Waals surface area (Å²) in [7, 11) is 0.